The van der Waals surface area contributed by atoms with E-state index in [4.69, 9.17) is 11.6 Å². The standard InChI is InChI=1S/C13H20ClN5O/c1-10(2)15-13(20)9-18-5-7-19(8-6-18)12-4-3-11(14)16-17-12/h3-4,10H,5-9H2,1-2H3,(H,15,20). The summed E-state index contributed by atoms with van der Waals surface area (Å²) in [6.07, 6.45) is 0. The van der Waals surface area contributed by atoms with E-state index >= 15 is 0 Å². The Morgan fingerprint density at radius 3 is 2.55 bits per heavy atom. The van der Waals surface area contributed by atoms with E-state index in [0.29, 0.717) is 11.7 Å². The van der Waals surface area contributed by atoms with Crippen LogP contribution in [0.2, 0.25) is 5.15 Å². The van der Waals surface area contributed by atoms with E-state index in [1.807, 2.05) is 19.9 Å². The second-order valence-electron chi connectivity index (χ2n) is 5.20. The molecule has 0 spiro atoms. The lowest BCUT2D eigenvalue weighted by molar-refractivity contribution is -0.122. The molecule has 1 aliphatic heterocycles. The van der Waals surface area contributed by atoms with E-state index in [1.165, 1.54) is 0 Å². The molecule has 20 heavy (non-hydrogen) atoms. The number of nitrogens with zero attached hydrogens (tertiary/aromatic N) is 4. The highest BCUT2D eigenvalue weighted by molar-refractivity contribution is 6.29. The van der Waals surface area contributed by atoms with Gasteiger partial charge in [0.2, 0.25) is 5.91 Å². The Morgan fingerprint density at radius 2 is 2.00 bits per heavy atom. The quantitative estimate of drug-likeness (QED) is 0.890. The highest BCUT2D eigenvalue weighted by Crippen LogP contribution is 2.14. The van der Waals surface area contributed by atoms with Gasteiger partial charge in [0.25, 0.3) is 0 Å². The zero-order valence-electron chi connectivity index (χ0n) is 11.8. The SMILES string of the molecule is CC(C)NC(=O)CN1CCN(c2ccc(Cl)nn2)CC1. The third-order valence-electron chi connectivity index (χ3n) is 3.13. The van der Waals surface area contributed by atoms with E-state index in [9.17, 15) is 4.79 Å². The van der Waals surface area contributed by atoms with Crippen LogP contribution in [-0.4, -0.2) is 59.8 Å². The number of carbonyl (C=O) groups is 1. The molecule has 0 radical (unpaired) electrons. The predicted octanol–water partition coefficient (Wildman–Crippen LogP) is 0.777. The summed E-state index contributed by atoms with van der Waals surface area (Å²) >= 11 is 5.73. The highest BCUT2D eigenvalue weighted by atomic mass is 35.5. The van der Waals surface area contributed by atoms with Crippen molar-refractivity contribution in [1.29, 1.82) is 0 Å². The largest absolute Gasteiger partial charge is 0.353 e. The molecule has 0 aliphatic carbocycles. The molecule has 0 saturated carbocycles. The Balaban J connectivity index is 1.80. The van der Waals surface area contributed by atoms with Crippen LogP contribution in [-0.2, 0) is 4.79 Å². The zero-order chi connectivity index (χ0) is 14.5. The minimum absolute atomic E-state index is 0.0831. The van der Waals surface area contributed by atoms with Crippen molar-refractivity contribution in [1.82, 2.24) is 20.4 Å². The molecule has 2 rings (SSSR count). The van der Waals surface area contributed by atoms with Gasteiger partial charge in [-0.2, -0.15) is 0 Å². The Labute approximate surface area is 124 Å². The van der Waals surface area contributed by atoms with Gasteiger partial charge < -0.3 is 10.2 Å². The number of carbonyl (C=O) groups excluding carboxylic acids is 1. The van der Waals surface area contributed by atoms with Crippen LogP contribution in [0, 0.1) is 0 Å². The van der Waals surface area contributed by atoms with Crippen molar-refractivity contribution in [2.75, 3.05) is 37.6 Å². The summed E-state index contributed by atoms with van der Waals surface area (Å²) in [5.41, 5.74) is 0. The summed E-state index contributed by atoms with van der Waals surface area (Å²) in [5, 5.41) is 11.2. The van der Waals surface area contributed by atoms with Crippen molar-refractivity contribution in [2.24, 2.45) is 0 Å². The van der Waals surface area contributed by atoms with E-state index in [-0.39, 0.29) is 11.9 Å². The maximum atomic E-state index is 11.7. The fourth-order valence-electron chi connectivity index (χ4n) is 2.18. The number of hydrogen-bond donors (Lipinski definition) is 1. The smallest absolute Gasteiger partial charge is 0.234 e. The number of hydrogen-bond acceptors (Lipinski definition) is 5. The third kappa shape index (κ3) is 4.31. The van der Waals surface area contributed by atoms with Gasteiger partial charge >= 0.3 is 0 Å². The van der Waals surface area contributed by atoms with Gasteiger partial charge in [0, 0.05) is 32.2 Å². The molecule has 0 bridgehead atoms. The van der Waals surface area contributed by atoms with Gasteiger partial charge in [0.05, 0.1) is 6.54 Å². The van der Waals surface area contributed by atoms with Gasteiger partial charge in [-0.05, 0) is 26.0 Å². The number of piperazine rings is 1. The monoisotopic (exact) mass is 297 g/mol. The molecule has 1 aromatic rings. The molecule has 1 saturated heterocycles. The van der Waals surface area contributed by atoms with E-state index in [1.54, 1.807) is 6.07 Å². The van der Waals surface area contributed by atoms with Crippen LogP contribution in [0.25, 0.3) is 0 Å². The topological polar surface area (TPSA) is 61.4 Å². The van der Waals surface area contributed by atoms with Gasteiger partial charge in [0.15, 0.2) is 11.0 Å². The number of anilines is 1. The Hall–Kier alpha value is -1.40. The first-order chi connectivity index (χ1) is 9.54. The molecule has 1 aromatic heterocycles. The number of aromatic nitrogens is 2. The number of halogens is 1. The maximum Gasteiger partial charge on any atom is 0.234 e. The fraction of sp³-hybridized carbons (Fsp3) is 0.615. The van der Waals surface area contributed by atoms with Crippen LogP contribution >= 0.6 is 11.6 Å². The number of rotatable bonds is 4. The highest BCUT2D eigenvalue weighted by Gasteiger charge is 2.20. The average Bonchev–Trinajstić information content (AvgIpc) is 2.39. The van der Waals surface area contributed by atoms with Crippen LogP contribution in [0.15, 0.2) is 12.1 Å². The van der Waals surface area contributed by atoms with Crippen molar-refractivity contribution in [3.8, 4) is 0 Å². The lowest BCUT2D eigenvalue weighted by Gasteiger charge is -2.34. The maximum absolute atomic E-state index is 11.7. The molecule has 6 nitrogen and oxygen atoms in total. The Morgan fingerprint density at radius 1 is 1.30 bits per heavy atom. The summed E-state index contributed by atoms with van der Waals surface area (Å²) in [5.74, 6) is 0.917. The lowest BCUT2D eigenvalue weighted by atomic mass is 10.3. The summed E-state index contributed by atoms with van der Waals surface area (Å²) in [4.78, 5) is 16.0. The number of amides is 1. The summed E-state index contributed by atoms with van der Waals surface area (Å²) in [7, 11) is 0. The van der Waals surface area contributed by atoms with E-state index in [0.717, 1.165) is 32.0 Å². The molecule has 1 N–H and O–H groups in total. The summed E-state index contributed by atoms with van der Waals surface area (Å²) in [6.45, 7) is 7.75. The molecule has 2 heterocycles. The summed E-state index contributed by atoms with van der Waals surface area (Å²) in [6, 6.07) is 3.80. The third-order valence-corrected chi connectivity index (χ3v) is 3.33. The van der Waals surface area contributed by atoms with Gasteiger partial charge in [-0.1, -0.05) is 11.6 Å². The molecule has 0 unspecified atom stereocenters. The van der Waals surface area contributed by atoms with Crippen LogP contribution in [0.1, 0.15) is 13.8 Å². The Bertz CT molecular complexity index is 443. The molecule has 1 aliphatic rings. The van der Waals surface area contributed by atoms with Crippen LogP contribution in [0.3, 0.4) is 0 Å². The van der Waals surface area contributed by atoms with E-state index < -0.39 is 0 Å². The van der Waals surface area contributed by atoms with Crippen LogP contribution in [0.4, 0.5) is 5.82 Å². The van der Waals surface area contributed by atoms with Crippen molar-refractivity contribution in [3.05, 3.63) is 17.3 Å². The molecule has 0 atom stereocenters. The molecule has 0 aromatic carbocycles. The predicted molar refractivity (Wildman–Crippen MR) is 79.0 cm³/mol. The summed E-state index contributed by atoms with van der Waals surface area (Å²) < 4.78 is 0. The van der Waals surface area contributed by atoms with Crippen molar-refractivity contribution in [3.63, 3.8) is 0 Å². The van der Waals surface area contributed by atoms with Gasteiger partial charge in [-0.3, -0.25) is 9.69 Å². The molecule has 1 amide bonds. The Kier molecular flexibility index (Phi) is 5.14. The molecule has 1 fully saturated rings. The molecule has 7 heteroatoms. The van der Waals surface area contributed by atoms with Gasteiger partial charge in [-0.25, -0.2) is 0 Å². The zero-order valence-corrected chi connectivity index (χ0v) is 12.6. The van der Waals surface area contributed by atoms with Crippen LogP contribution < -0.4 is 10.2 Å². The average molecular weight is 298 g/mol. The normalized spacial score (nSPS) is 16.5. The number of nitrogens with one attached hydrogen (secondary N) is 1. The van der Waals surface area contributed by atoms with Crippen molar-refractivity contribution < 1.29 is 4.79 Å². The first-order valence-electron chi connectivity index (χ1n) is 6.80. The minimum atomic E-state index is 0.0831. The molecular weight excluding hydrogens is 278 g/mol. The second-order valence-corrected chi connectivity index (χ2v) is 5.59. The second kappa shape index (κ2) is 6.85. The van der Waals surface area contributed by atoms with Gasteiger partial charge in [-0.15, -0.1) is 10.2 Å². The first-order valence-corrected chi connectivity index (χ1v) is 7.18. The van der Waals surface area contributed by atoms with Crippen LogP contribution in [0.5, 0.6) is 0 Å². The van der Waals surface area contributed by atoms with Gasteiger partial charge in [0.1, 0.15) is 0 Å². The first kappa shape index (κ1) is 15.0. The lowest BCUT2D eigenvalue weighted by Crippen LogP contribution is -2.50. The minimum Gasteiger partial charge on any atom is -0.353 e. The van der Waals surface area contributed by atoms with E-state index in [2.05, 4.69) is 25.3 Å². The fourth-order valence-corrected chi connectivity index (χ4v) is 2.28. The molecule has 110 valence electrons. The molecular formula is C13H20ClN5O. The van der Waals surface area contributed by atoms with Crippen molar-refractivity contribution >= 4 is 23.3 Å². The van der Waals surface area contributed by atoms with Crippen molar-refractivity contribution in [2.45, 2.75) is 19.9 Å².